The minimum absolute atomic E-state index is 0.169. The first kappa shape index (κ1) is 11.7. The lowest BCUT2D eigenvalue weighted by Crippen LogP contribution is -2.30. The third-order valence-electron chi connectivity index (χ3n) is 2.61. The number of benzene rings is 1. The molecule has 4 heteroatoms. The number of ketones is 1. The van der Waals surface area contributed by atoms with Crippen molar-refractivity contribution < 1.29 is 9.53 Å². The summed E-state index contributed by atoms with van der Waals surface area (Å²) in [4.78, 5) is 11.6. The zero-order chi connectivity index (χ0) is 11.5. The van der Waals surface area contributed by atoms with Crippen LogP contribution in [0.1, 0.15) is 25.7 Å². The maximum absolute atomic E-state index is 11.6. The van der Waals surface area contributed by atoms with Crippen LogP contribution in [0.3, 0.4) is 0 Å². The second-order valence-corrected chi connectivity index (χ2v) is 4.80. The molecular formula is C12H12Cl2O2. The van der Waals surface area contributed by atoms with Crippen LogP contribution in [0, 0.1) is 0 Å². The molecule has 0 bridgehead atoms. The molecule has 0 spiro atoms. The number of Topliss-reactive ketones (excluding diaryl/α,β-unsaturated/α-hetero) is 1. The Hall–Kier alpha value is -0.730. The second-order valence-electron chi connectivity index (χ2n) is 3.92. The highest BCUT2D eigenvalue weighted by Crippen LogP contribution is 2.27. The number of rotatable bonds is 2. The van der Waals surface area contributed by atoms with Crippen molar-refractivity contribution >= 4 is 29.0 Å². The van der Waals surface area contributed by atoms with E-state index in [0.717, 1.165) is 19.3 Å². The lowest BCUT2D eigenvalue weighted by atomic mass is 9.96. The summed E-state index contributed by atoms with van der Waals surface area (Å²) in [6.45, 7) is 0. The number of carbonyl (C=O) groups excluding carboxylic acids is 1. The first-order valence-corrected chi connectivity index (χ1v) is 6.06. The van der Waals surface area contributed by atoms with Gasteiger partial charge in [0.2, 0.25) is 0 Å². The Morgan fingerprint density at radius 2 is 1.81 bits per heavy atom. The van der Waals surface area contributed by atoms with Gasteiger partial charge in [0.25, 0.3) is 0 Å². The average molecular weight is 259 g/mol. The molecule has 2 nitrogen and oxygen atoms in total. The summed E-state index contributed by atoms with van der Waals surface area (Å²) in [5.41, 5.74) is 0. The van der Waals surface area contributed by atoms with Gasteiger partial charge in [-0.1, -0.05) is 23.2 Å². The molecule has 0 amide bonds. The van der Waals surface area contributed by atoms with Crippen molar-refractivity contribution in [2.45, 2.75) is 31.8 Å². The maximum atomic E-state index is 11.6. The van der Waals surface area contributed by atoms with Crippen LogP contribution in [-0.2, 0) is 4.79 Å². The molecule has 0 N–H and O–H groups in total. The van der Waals surface area contributed by atoms with Crippen molar-refractivity contribution in [1.82, 2.24) is 0 Å². The number of ether oxygens (including phenoxy) is 1. The molecule has 1 atom stereocenters. The van der Waals surface area contributed by atoms with Crippen LogP contribution in [0.5, 0.6) is 5.75 Å². The van der Waals surface area contributed by atoms with E-state index in [0.29, 0.717) is 22.2 Å². The van der Waals surface area contributed by atoms with Gasteiger partial charge < -0.3 is 4.74 Å². The predicted molar refractivity (Wildman–Crippen MR) is 64.4 cm³/mol. The summed E-state index contributed by atoms with van der Waals surface area (Å²) in [5.74, 6) is 0.736. The Bertz CT molecular complexity index is 384. The lowest BCUT2D eigenvalue weighted by molar-refractivity contribution is -0.127. The third kappa shape index (κ3) is 2.89. The smallest absolute Gasteiger partial charge is 0.173 e. The minimum atomic E-state index is -0.330. The van der Waals surface area contributed by atoms with Crippen molar-refractivity contribution in [3.05, 3.63) is 28.2 Å². The van der Waals surface area contributed by atoms with E-state index in [2.05, 4.69) is 0 Å². The lowest BCUT2D eigenvalue weighted by Gasteiger charge is -2.21. The highest BCUT2D eigenvalue weighted by Gasteiger charge is 2.23. The Kier molecular flexibility index (Phi) is 3.72. The van der Waals surface area contributed by atoms with Crippen molar-refractivity contribution in [3.8, 4) is 5.75 Å². The standard InChI is InChI=1S/C12H12Cl2O2/c13-8-5-9(14)7-10(6-8)16-12-4-2-1-3-11(12)15/h5-7,12H,1-4H2. The van der Waals surface area contributed by atoms with Crippen molar-refractivity contribution in [2.75, 3.05) is 0 Å². The van der Waals surface area contributed by atoms with Crippen molar-refractivity contribution in [3.63, 3.8) is 0 Å². The van der Waals surface area contributed by atoms with Gasteiger partial charge in [-0.2, -0.15) is 0 Å². The summed E-state index contributed by atoms with van der Waals surface area (Å²) in [6.07, 6.45) is 3.06. The molecule has 1 saturated carbocycles. The zero-order valence-electron chi connectivity index (χ0n) is 8.71. The van der Waals surface area contributed by atoms with Crippen molar-refractivity contribution in [2.24, 2.45) is 0 Å². The largest absolute Gasteiger partial charge is 0.483 e. The fraction of sp³-hybridized carbons (Fsp3) is 0.417. The van der Waals surface area contributed by atoms with Crippen LogP contribution in [0.15, 0.2) is 18.2 Å². The Labute approximate surface area is 104 Å². The molecule has 1 aromatic carbocycles. The molecule has 86 valence electrons. The maximum Gasteiger partial charge on any atom is 0.173 e. The van der Waals surface area contributed by atoms with Gasteiger partial charge in [0.15, 0.2) is 11.9 Å². The molecule has 1 unspecified atom stereocenters. The first-order chi connectivity index (χ1) is 7.65. The van der Waals surface area contributed by atoms with Crippen LogP contribution < -0.4 is 4.74 Å². The Morgan fingerprint density at radius 3 is 2.44 bits per heavy atom. The predicted octanol–water partition coefficient (Wildman–Crippen LogP) is 3.88. The molecular weight excluding hydrogens is 247 g/mol. The Morgan fingerprint density at radius 1 is 1.12 bits per heavy atom. The van der Waals surface area contributed by atoms with E-state index >= 15 is 0 Å². The number of hydrogen-bond acceptors (Lipinski definition) is 2. The van der Waals surface area contributed by atoms with E-state index in [1.54, 1.807) is 18.2 Å². The van der Waals surface area contributed by atoms with Crippen molar-refractivity contribution in [1.29, 1.82) is 0 Å². The molecule has 1 aliphatic carbocycles. The highest BCUT2D eigenvalue weighted by molar-refractivity contribution is 6.34. The van der Waals surface area contributed by atoms with Crippen LogP contribution in [0.2, 0.25) is 10.0 Å². The summed E-state index contributed by atoms with van der Waals surface area (Å²) < 4.78 is 5.61. The fourth-order valence-electron chi connectivity index (χ4n) is 1.84. The fourth-order valence-corrected chi connectivity index (χ4v) is 2.34. The van der Waals surface area contributed by atoms with E-state index in [4.69, 9.17) is 27.9 Å². The summed E-state index contributed by atoms with van der Waals surface area (Å²) >= 11 is 11.7. The van der Waals surface area contributed by atoms with Crippen LogP contribution >= 0.6 is 23.2 Å². The van der Waals surface area contributed by atoms with Crippen LogP contribution in [0.4, 0.5) is 0 Å². The molecule has 0 aromatic heterocycles. The normalized spacial score (nSPS) is 20.9. The van der Waals surface area contributed by atoms with Gasteiger partial charge in [-0.25, -0.2) is 0 Å². The molecule has 1 aliphatic rings. The van der Waals surface area contributed by atoms with E-state index in [1.807, 2.05) is 0 Å². The van der Waals surface area contributed by atoms with Gasteiger partial charge in [-0.3, -0.25) is 4.79 Å². The average Bonchev–Trinajstić information content (AvgIpc) is 2.20. The van der Waals surface area contributed by atoms with Gasteiger partial charge in [-0.05, 0) is 37.5 Å². The molecule has 1 fully saturated rings. The third-order valence-corrected chi connectivity index (χ3v) is 3.05. The molecule has 2 rings (SSSR count). The van der Waals surface area contributed by atoms with E-state index in [-0.39, 0.29) is 11.9 Å². The van der Waals surface area contributed by atoms with Gasteiger partial charge >= 0.3 is 0 Å². The van der Waals surface area contributed by atoms with E-state index in [1.165, 1.54) is 0 Å². The van der Waals surface area contributed by atoms with E-state index < -0.39 is 0 Å². The molecule has 0 radical (unpaired) electrons. The Balaban J connectivity index is 2.10. The molecule has 1 aromatic rings. The quantitative estimate of drug-likeness (QED) is 0.805. The second kappa shape index (κ2) is 5.07. The molecule has 0 aliphatic heterocycles. The monoisotopic (exact) mass is 258 g/mol. The van der Waals surface area contributed by atoms with E-state index in [9.17, 15) is 4.79 Å². The zero-order valence-corrected chi connectivity index (χ0v) is 10.2. The van der Waals surface area contributed by atoms with Gasteiger partial charge in [0, 0.05) is 16.5 Å². The number of hydrogen-bond donors (Lipinski definition) is 0. The first-order valence-electron chi connectivity index (χ1n) is 5.30. The van der Waals surface area contributed by atoms with Gasteiger partial charge in [0.1, 0.15) is 5.75 Å². The summed E-state index contributed by atoms with van der Waals surface area (Å²) in [5, 5.41) is 1.04. The molecule has 16 heavy (non-hydrogen) atoms. The number of carbonyl (C=O) groups is 1. The SMILES string of the molecule is O=C1CCCCC1Oc1cc(Cl)cc(Cl)c1. The topological polar surface area (TPSA) is 26.3 Å². The molecule has 0 saturated heterocycles. The van der Waals surface area contributed by atoms with Crippen LogP contribution in [0.25, 0.3) is 0 Å². The summed E-state index contributed by atoms with van der Waals surface area (Å²) in [6, 6.07) is 4.99. The van der Waals surface area contributed by atoms with Gasteiger partial charge in [0.05, 0.1) is 0 Å². The number of halogens is 2. The highest BCUT2D eigenvalue weighted by atomic mass is 35.5. The summed E-state index contributed by atoms with van der Waals surface area (Å²) in [7, 11) is 0. The van der Waals surface area contributed by atoms with Crippen LogP contribution in [-0.4, -0.2) is 11.9 Å². The minimum Gasteiger partial charge on any atom is -0.483 e. The van der Waals surface area contributed by atoms with Gasteiger partial charge in [-0.15, -0.1) is 0 Å². The molecule has 0 heterocycles.